The molecule has 2 atom stereocenters. The van der Waals surface area contributed by atoms with Crippen LogP contribution in [0.25, 0.3) is 0 Å². The van der Waals surface area contributed by atoms with Crippen LogP contribution in [0.3, 0.4) is 0 Å². The average Bonchev–Trinajstić information content (AvgIpc) is 2.79. The molecule has 0 nitrogen and oxygen atoms in total. The highest BCUT2D eigenvalue weighted by Crippen LogP contribution is 2.65. The summed E-state index contributed by atoms with van der Waals surface area (Å²) in [4.78, 5) is 0. The van der Waals surface area contributed by atoms with Crippen LogP contribution >= 0.6 is 22.6 Å². The molecule has 0 spiro atoms. The molecule has 0 saturated carbocycles. The van der Waals surface area contributed by atoms with E-state index in [2.05, 4.69) is 0 Å². The van der Waals surface area contributed by atoms with Gasteiger partial charge in [0.15, 0.2) is 0 Å². The number of hydrogen-bond donors (Lipinski definition) is 0. The minimum atomic E-state index is -8.59. The van der Waals surface area contributed by atoms with Crippen molar-refractivity contribution in [2.45, 2.75) is 130 Å². The second-order valence-electron chi connectivity index (χ2n) is 9.36. The normalized spacial score (nSPS) is 16.8. The van der Waals surface area contributed by atoms with Crippen LogP contribution < -0.4 is 0 Å². The minimum Gasteiger partial charge on any atom is -0.199 e. The Kier molecular flexibility index (Phi) is 13.3. The summed E-state index contributed by atoms with van der Waals surface area (Å²) >= 11 is 1.11. The van der Waals surface area contributed by atoms with Crippen molar-refractivity contribution in [1.82, 2.24) is 0 Å². The Morgan fingerprint density at radius 2 is 0.775 bits per heavy atom. The van der Waals surface area contributed by atoms with Crippen LogP contribution in [-0.4, -0.2) is 51.6 Å². The third-order valence-corrected chi connectivity index (χ3v) is 7.91. The number of rotatable bonds is 18. The van der Waals surface area contributed by atoms with Crippen molar-refractivity contribution in [2.24, 2.45) is 5.92 Å². The summed E-state index contributed by atoms with van der Waals surface area (Å²) in [5.74, 6) is -58.9. The van der Waals surface area contributed by atoms with Gasteiger partial charge in [0.1, 0.15) is 0 Å². The van der Waals surface area contributed by atoms with Gasteiger partial charge < -0.3 is 0 Å². The highest BCUT2D eigenvalue weighted by molar-refractivity contribution is 14.1. The lowest BCUT2D eigenvalue weighted by Gasteiger charge is -2.44. The molecule has 0 heterocycles. The van der Waals surface area contributed by atoms with Crippen LogP contribution in [0, 0.1) is 5.92 Å². The zero-order valence-electron chi connectivity index (χ0n) is 21.0. The van der Waals surface area contributed by atoms with Gasteiger partial charge in [-0.25, -0.2) is 0 Å². The topological polar surface area (TPSA) is 0 Å². The predicted molar refractivity (Wildman–Crippen MR) is 120 cm³/mol. The van der Waals surface area contributed by atoms with Crippen molar-refractivity contribution in [2.75, 3.05) is 0 Å². The van der Waals surface area contributed by atoms with Crippen LogP contribution in [0.15, 0.2) is 0 Å². The van der Waals surface area contributed by atoms with Gasteiger partial charge in [0.05, 0.1) is 0 Å². The van der Waals surface area contributed by atoms with Gasteiger partial charge in [-0.05, 0) is 12.8 Å². The van der Waals surface area contributed by atoms with Crippen molar-refractivity contribution in [3.05, 3.63) is 0 Å². The van der Waals surface area contributed by atoms with E-state index in [-0.39, 0.29) is 12.8 Å². The maximum Gasteiger partial charge on any atom is 0.460 e. The van der Waals surface area contributed by atoms with Crippen LogP contribution in [0.2, 0.25) is 0 Å². The molecule has 242 valence electrons. The summed E-state index contributed by atoms with van der Waals surface area (Å²) in [6.45, 7) is 2.69. The predicted octanol–water partition coefficient (Wildman–Crippen LogP) is 11.4. The molecule has 0 N–H and O–H groups in total. The van der Waals surface area contributed by atoms with E-state index in [9.17, 15) is 74.6 Å². The van der Waals surface area contributed by atoms with Crippen LogP contribution in [0.1, 0.15) is 78.1 Å². The molecule has 0 aliphatic heterocycles. The number of hydrogen-bond acceptors (Lipinski definition) is 0. The largest absolute Gasteiger partial charge is 0.460 e. The van der Waals surface area contributed by atoms with Crippen molar-refractivity contribution in [1.29, 1.82) is 0 Å². The fraction of sp³-hybridized carbons (Fsp3) is 1.00. The van der Waals surface area contributed by atoms with Gasteiger partial charge >= 0.3 is 47.6 Å². The van der Waals surface area contributed by atoms with Crippen LogP contribution in [0.5, 0.6) is 0 Å². The molecule has 18 heteroatoms. The Morgan fingerprint density at radius 1 is 0.450 bits per heavy atom. The Bertz CT molecular complexity index is 776. The van der Waals surface area contributed by atoms with E-state index in [4.69, 9.17) is 0 Å². The molecule has 40 heavy (non-hydrogen) atoms. The number of alkyl halides is 18. The minimum absolute atomic E-state index is 0.0723. The maximum absolute atomic E-state index is 14.7. The summed E-state index contributed by atoms with van der Waals surface area (Å²) in [7, 11) is 0. The van der Waals surface area contributed by atoms with E-state index in [0.29, 0.717) is 12.8 Å². The first-order valence-corrected chi connectivity index (χ1v) is 13.3. The Labute approximate surface area is 232 Å². The molecule has 0 bridgehead atoms. The van der Waals surface area contributed by atoms with Gasteiger partial charge in [-0.1, -0.05) is 87.8 Å². The molecule has 0 rings (SSSR count). The SMILES string of the molecule is CCCCCCCCCCC(I)C(CC)C(F)(F)C(F)(F)C(F)(F)C(F)(F)C(F)(F)C(F)(F)C(F)(F)C(F)(F)F. The summed E-state index contributed by atoms with van der Waals surface area (Å²) in [6, 6.07) is 0. The first-order valence-electron chi connectivity index (χ1n) is 12.0. The van der Waals surface area contributed by atoms with Gasteiger partial charge in [-0.2, -0.15) is 74.6 Å². The standard InChI is InChI=1S/C22H28F17I/c1-3-5-6-7-8-9-10-11-12-14(40)13(4-2)15(23,24)16(25,26)17(27,28)18(29,30)19(31,32)20(33,34)21(35,36)22(37,38)39/h13-14H,3-12H2,1-2H3. The van der Waals surface area contributed by atoms with Gasteiger partial charge in [0.2, 0.25) is 0 Å². The smallest absolute Gasteiger partial charge is 0.199 e. The molecule has 0 aliphatic carbocycles. The average molecular weight is 742 g/mol. The molecule has 0 saturated heterocycles. The molecule has 0 aromatic heterocycles. The first-order chi connectivity index (χ1) is 17.7. The summed E-state index contributed by atoms with van der Waals surface area (Å²) in [5.41, 5.74) is 0. The van der Waals surface area contributed by atoms with E-state index in [0.717, 1.165) is 61.6 Å². The number of halogens is 18. The molecule has 0 aromatic carbocycles. The molecule has 0 aliphatic rings. The monoisotopic (exact) mass is 742 g/mol. The molecule has 0 aromatic rings. The van der Waals surface area contributed by atoms with E-state index in [1.165, 1.54) is 0 Å². The summed E-state index contributed by atoms with van der Waals surface area (Å²) < 4.78 is 229. The highest BCUT2D eigenvalue weighted by Gasteiger charge is 2.95. The molecular formula is C22H28F17I. The van der Waals surface area contributed by atoms with E-state index in [1.54, 1.807) is 0 Å². The summed E-state index contributed by atoms with van der Waals surface area (Å²) in [6.07, 6.45) is -3.84. The fourth-order valence-corrected chi connectivity index (χ4v) is 5.22. The van der Waals surface area contributed by atoms with Gasteiger partial charge in [0, 0.05) is 9.84 Å². The number of unbranched alkanes of at least 4 members (excludes halogenated alkanes) is 7. The third-order valence-electron chi connectivity index (χ3n) is 6.42. The maximum atomic E-state index is 14.7. The Morgan fingerprint density at radius 3 is 1.12 bits per heavy atom. The molecule has 0 fully saturated rings. The molecule has 0 amide bonds. The highest BCUT2D eigenvalue weighted by atomic mass is 127. The lowest BCUT2D eigenvalue weighted by atomic mass is 9.82. The molecular weight excluding hydrogens is 714 g/mol. The van der Waals surface area contributed by atoms with Crippen molar-refractivity contribution in [3.8, 4) is 0 Å². The zero-order chi connectivity index (χ0) is 32.2. The van der Waals surface area contributed by atoms with Crippen molar-refractivity contribution >= 4 is 22.6 Å². The summed E-state index contributed by atoms with van der Waals surface area (Å²) in [5, 5.41) is 0. The van der Waals surface area contributed by atoms with E-state index < -0.39 is 63.9 Å². The van der Waals surface area contributed by atoms with Crippen LogP contribution in [0.4, 0.5) is 74.6 Å². The van der Waals surface area contributed by atoms with E-state index >= 15 is 0 Å². The van der Waals surface area contributed by atoms with Crippen LogP contribution in [-0.2, 0) is 0 Å². The van der Waals surface area contributed by atoms with Gasteiger partial charge in [-0.15, -0.1) is 0 Å². The van der Waals surface area contributed by atoms with Crippen molar-refractivity contribution in [3.63, 3.8) is 0 Å². The second kappa shape index (κ2) is 13.5. The lowest BCUT2D eigenvalue weighted by Crippen LogP contribution is -2.75. The lowest BCUT2D eigenvalue weighted by molar-refractivity contribution is -0.463. The third kappa shape index (κ3) is 7.01. The Hall–Kier alpha value is -0.460. The first kappa shape index (κ1) is 39.5. The zero-order valence-corrected chi connectivity index (χ0v) is 23.2. The molecule has 2 unspecified atom stereocenters. The molecule has 0 radical (unpaired) electrons. The quantitative estimate of drug-likeness (QED) is 0.0568. The van der Waals surface area contributed by atoms with Crippen molar-refractivity contribution < 1.29 is 74.6 Å². The fourth-order valence-electron chi connectivity index (χ4n) is 3.82. The second-order valence-corrected chi connectivity index (χ2v) is 11.0. The Balaban J connectivity index is 6.10. The van der Waals surface area contributed by atoms with Gasteiger partial charge in [0.25, 0.3) is 0 Å². The van der Waals surface area contributed by atoms with E-state index in [1.807, 2.05) is 6.92 Å². The van der Waals surface area contributed by atoms with Gasteiger partial charge in [-0.3, -0.25) is 0 Å².